The van der Waals surface area contributed by atoms with Gasteiger partial charge >= 0.3 is 5.97 Å². The smallest absolute Gasteiger partial charge is 0.346 e. The molecular weight excluding hydrogens is 530 g/mol. The van der Waals surface area contributed by atoms with Crippen LogP contribution in [0.25, 0.3) is 10.9 Å². The third-order valence-electron chi connectivity index (χ3n) is 4.46. The predicted octanol–water partition coefficient (Wildman–Crippen LogP) is 4.87. The zero-order valence-electron chi connectivity index (χ0n) is 17.4. The average molecular weight is 551 g/mol. The minimum Gasteiger partial charge on any atom is -0.478 e. The molecule has 0 bridgehead atoms. The molecule has 0 radical (unpaired) electrons. The molecule has 162 valence electrons. The molecule has 1 heterocycles. The Hall–Kier alpha value is -2.52. The summed E-state index contributed by atoms with van der Waals surface area (Å²) < 4.78 is 13.1. The Morgan fingerprint density at radius 2 is 1.90 bits per heavy atom. The zero-order chi connectivity index (χ0) is 22.7. The van der Waals surface area contributed by atoms with E-state index < -0.39 is 12.1 Å². The van der Waals surface area contributed by atoms with E-state index in [9.17, 15) is 9.59 Å². The van der Waals surface area contributed by atoms with E-state index in [0.717, 1.165) is 10.0 Å². The number of benzene rings is 2. The summed E-state index contributed by atoms with van der Waals surface area (Å²) in [4.78, 5) is 29.3. The molecule has 2 aromatic carbocycles. The maximum atomic E-state index is 13.1. The first kappa shape index (κ1) is 23.1. The normalized spacial score (nSPS) is 12.5. The third-order valence-corrected chi connectivity index (χ3v) is 5.58. The lowest BCUT2D eigenvalue weighted by atomic mass is 10.2. The predicted molar refractivity (Wildman–Crippen MR) is 127 cm³/mol. The molecular formula is C22H21Br2N3O4. The first-order valence-electron chi connectivity index (χ1n) is 9.52. The molecule has 9 heteroatoms. The highest BCUT2D eigenvalue weighted by Crippen LogP contribution is 2.27. The van der Waals surface area contributed by atoms with Gasteiger partial charge in [-0.1, -0.05) is 29.8 Å². The van der Waals surface area contributed by atoms with Crippen LogP contribution in [0.3, 0.4) is 0 Å². The van der Waals surface area contributed by atoms with Crippen LogP contribution >= 0.6 is 31.9 Å². The Balaban J connectivity index is 1.97. The number of rotatable bonds is 6. The second-order valence-corrected chi connectivity index (χ2v) is 8.89. The van der Waals surface area contributed by atoms with Gasteiger partial charge in [-0.25, -0.2) is 9.78 Å². The molecule has 3 aromatic rings. The number of methoxy groups -OCH3 is 1. The van der Waals surface area contributed by atoms with Gasteiger partial charge in [0.15, 0.2) is 6.10 Å². The largest absolute Gasteiger partial charge is 0.478 e. The van der Waals surface area contributed by atoms with E-state index in [1.54, 1.807) is 37.4 Å². The summed E-state index contributed by atoms with van der Waals surface area (Å²) in [6.45, 7) is 5.53. The number of esters is 1. The number of nitrogens with zero attached hydrogens (tertiary/aromatic N) is 3. The quantitative estimate of drug-likeness (QED) is 0.323. The molecule has 31 heavy (non-hydrogen) atoms. The van der Waals surface area contributed by atoms with Gasteiger partial charge in [0.05, 0.1) is 28.7 Å². The minimum atomic E-state index is -0.740. The molecule has 0 aliphatic rings. The van der Waals surface area contributed by atoms with Crippen molar-refractivity contribution >= 4 is 54.9 Å². The Morgan fingerprint density at radius 1 is 1.16 bits per heavy atom. The Kier molecular flexibility index (Phi) is 7.27. The molecule has 3 rings (SSSR count). The van der Waals surface area contributed by atoms with Gasteiger partial charge in [0.2, 0.25) is 0 Å². The van der Waals surface area contributed by atoms with Crippen LogP contribution in [-0.4, -0.2) is 35.1 Å². The number of carbonyl (C=O) groups excluding carboxylic acids is 1. The highest BCUT2D eigenvalue weighted by molar-refractivity contribution is 9.10. The summed E-state index contributed by atoms with van der Waals surface area (Å²) in [5.41, 5.74) is 1.13. The highest BCUT2D eigenvalue weighted by Gasteiger charge is 2.17. The van der Waals surface area contributed by atoms with Crippen LogP contribution < -0.4 is 10.3 Å². The summed E-state index contributed by atoms with van der Waals surface area (Å²) in [6.07, 6.45) is 0.841. The second kappa shape index (κ2) is 9.74. The summed E-state index contributed by atoms with van der Waals surface area (Å²) in [5.74, 6) is 0.600. The zero-order valence-corrected chi connectivity index (χ0v) is 20.6. The Labute approximate surface area is 196 Å². The van der Waals surface area contributed by atoms with Gasteiger partial charge in [-0.15, -0.1) is 0 Å². The van der Waals surface area contributed by atoms with Gasteiger partial charge in [0.1, 0.15) is 11.6 Å². The fourth-order valence-electron chi connectivity index (χ4n) is 2.87. The van der Waals surface area contributed by atoms with E-state index in [-0.39, 0.29) is 11.5 Å². The number of aromatic nitrogens is 2. The lowest BCUT2D eigenvalue weighted by Gasteiger charge is -2.14. The molecule has 0 aliphatic carbocycles. The molecule has 0 amide bonds. The molecule has 7 nitrogen and oxygen atoms in total. The summed E-state index contributed by atoms with van der Waals surface area (Å²) in [6, 6.07) is 10.7. The van der Waals surface area contributed by atoms with Crippen molar-refractivity contribution < 1.29 is 14.3 Å². The van der Waals surface area contributed by atoms with Crippen LogP contribution in [0.4, 0.5) is 0 Å². The van der Waals surface area contributed by atoms with Crippen LogP contribution in [0.1, 0.15) is 38.1 Å². The van der Waals surface area contributed by atoms with E-state index in [2.05, 4.69) is 46.7 Å². The number of ether oxygens (including phenoxy) is 2. The van der Waals surface area contributed by atoms with Crippen molar-refractivity contribution in [3.63, 3.8) is 0 Å². The van der Waals surface area contributed by atoms with Crippen LogP contribution in [-0.2, 0) is 9.53 Å². The SMILES string of the molecule is COC(=O)[C@@H](C)Oc1ccc(C=Nn2c(C(C)C)nc3ccc(Br)cc3c2=O)cc1Br. The Bertz CT molecular complexity index is 1220. The fourth-order valence-corrected chi connectivity index (χ4v) is 3.72. The average Bonchev–Trinajstić information content (AvgIpc) is 2.74. The van der Waals surface area contributed by atoms with Gasteiger partial charge in [-0.2, -0.15) is 9.78 Å². The Morgan fingerprint density at radius 3 is 2.55 bits per heavy atom. The van der Waals surface area contributed by atoms with E-state index >= 15 is 0 Å². The monoisotopic (exact) mass is 549 g/mol. The van der Waals surface area contributed by atoms with Gasteiger partial charge in [-0.05, 0) is 64.8 Å². The van der Waals surface area contributed by atoms with Crippen LogP contribution in [0.15, 0.2) is 55.2 Å². The van der Waals surface area contributed by atoms with E-state index in [4.69, 9.17) is 4.74 Å². The van der Waals surface area contributed by atoms with Crippen molar-refractivity contribution in [3.05, 3.63) is 67.1 Å². The molecule has 0 aliphatic heterocycles. The summed E-state index contributed by atoms with van der Waals surface area (Å²) in [5, 5.41) is 4.90. The number of hydrogen-bond donors (Lipinski definition) is 0. The number of carbonyl (C=O) groups is 1. The van der Waals surface area contributed by atoms with E-state index in [1.807, 2.05) is 26.0 Å². The maximum absolute atomic E-state index is 13.1. The molecule has 1 aromatic heterocycles. The molecule has 1 atom stereocenters. The van der Waals surface area contributed by atoms with Crippen LogP contribution in [0.2, 0.25) is 0 Å². The topological polar surface area (TPSA) is 82.8 Å². The van der Waals surface area contributed by atoms with Gasteiger partial charge in [0, 0.05) is 10.4 Å². The lowest BCUT2D eigenvalue weighted by Crippen LogP contribution is -2.25. The van der Waals surface area contributed by atoms with E-state index in [0.29, 0.717) is 26.9 Å². The van der Waals surface area contributed by atoms with Crippen molar-refractivity contribution in [2.24, 2.45) is 5.10 Å². The van der Waals surface area contributed by atoms with Gasteiger partial charge in [-0.3, -0.25) is 4.79 Å². The van der Waals surface area contributed by atoms with Crippen molar-refractivity contribution in [2.45, 2.75) is 32.8 Å². The molecule has 0 spiro atoms. The van der Waals surface area contributed by atoms with Crippen molar-refractivity contribution in [3.8, 4) is 5.75 Å². The van der Waals surface area contributed by atoms with Gasteiger partial charge < -0.3 is 9.47 Å². The lowest BCUT2D eigenvalue weighted by molar-refractivity contribution is -0.147. The third kappa shape index (κ3) is 5.22. The van der Waals surface area contributed by atoms with Gasteiger partial charge in [0.25, 0.3) is 5.56 Å². The second-order valence-electron chi connectivity index (χ2n) is 7.12. The molecule has 0 saturated heterocycles. The molecule has 0 unspecified atom stereocenters. The van der Waals surface area contributed by atoms with E-state index in [1.165, 1.54) is 11.8 Å². The molecule has 0 saturated carbocycles. The number of fused-ring (bicyclic) bond motifs is 1. The van der Waals surface area contributed by atoms with Crippen molar-refractivity contribution in [2.75, 3.05) is 7.11 Å². The standard InChI is InChI=1S/C22H21Br2N3O4/c1-12(2)20-26-18-7-6-15(23)10-16(18)21(28)27(20)25-11-14-5-8-19(17(24)9-14)31-13(3)22(29)30-4/h5-13H,1-4H3/t13-/m1/s1. The first-order chi connectivity index (χ1) is 14.7. The summed E-state index contributed by atoms with van der Waals surface area (Å²) >= 11 is 6.84. The first-order valence-corrected chi connectivity index (χ1v) is 11.1. The number of halogens is 2. The van der Waals surface area contributed by atoms with Crippen molar-refractivity contribution in [1.82, 2.24) is 9.66 Å². The number of hydrogen-bond acceptors (Lipinski definition) is 6. The van der Waals surface area contributed by atoms with Crippen molar-refractivity contribution in [1.29, 1.82) is 0 Å². The molecule has 0 fully saturated rings. The summed E-state index contributed by atoms with van der Waals surface area (Å²) in [7, 11) is 1.31. The minimum absolute atomic E-state index is 0.000202. The fraction of sp³-hybridized carbons (Fsp3) is 0.273. The maximum Gasteiger partial charge on any atom is 0.346 e. The van der Waals surface area contributed by atoms with Crippen LogP contribution in [0, 0.1) is 0 Å². The van der Waals surface area contributed by atoms with Crippen LogP contribution in [0.5, 0.6) is 5.75 Å². The molecule has 0 N–H and O–H groups in total. The highest BCUT2D eigenvalue weighted by atomic mass is 79.9.